The molecule has 0 aliphatic carbocycles. The fourth-order valence-electron chi connectivity index (χ4n) is 3.65. The van der Waals surface area contributed by atoms with Crippen LogP contribution in [0.1, 0.15) is 30.1 Å². The lowest BCUT2D eigenvalue weighted by molar-refractivity contribution is 0.0942. The van der Waals surface area contributed by atoms with Crippen LogP contribution in [-0.4, -0.2) is 54.8 Å². The van der Waals surface area contributed by atoms with Gasteiger partial charge in [0.2, 0.25) is 0 Å². The Morgan fingerprint density at radius 3 is 3.00 bits per heavy atom. The Kier molecular flexibility index (Phi) is 5.53. The molecule has 2 aromatic rings. The van der Waals surface area contributed by atoms with Crippen LogP contribution in [0.4, 0.5) is 0 Å². The number of aromatic nitrogens is 1. The van der Waals surface area contributed by atoms with Gasteiger partial charge in [-0.25, -0.2) is 0 Å². The Morgan fingerprint density at radius 1 is 1.38 bits per heavy atom. The van der Waals surface area contributed by atoms with E-state index in [2.05, 4.69) is 27.8 Å². The molecule has 1 N–H and O–H groups in total. The summed E-state index contributed by atoms with van der Waals surface area (Å²) in [5.74, 6) is 0.0188. The maximum Gasteiger partial charge on any atom is 0.253 e. The standard InChI is InChI=1S/C19H27N3O2/c1-3-21-10-6-7-15(21)13-20-19(23)17-14-22(11-12-24-2)18-9-5-4-8-16(17)18/h4-5,8-9,14-15H,3,6-7,10-13H2,1-2H3,(H,20,23). The first-order chi connectivity index (χ1) is 11.7. The maximum atomic E-state index is 12.7. The molecular formula is C19H27N3O2. The van der Waals surface area contributed by atoms with Gasteiger partial charge in [0.25, 0.3) is 5.91 Å². The van der Waals surface area contributed by atoms with Crippen molar-refractivity contribution in [2.75, 3.05) is 33.4 Å². The third kappa shape index (κ3) is 3.47. The van der Waals surface area contributed by atoms with E-state index in [1.165, 1.54) is 12.8 Å². The highest BCUT2D eigenvalue weighted by Crippen LogP contribution is 2.22. The van der Waals surface area contributed by atoms with Gasteiger partial charge in [0.15, 0.2) is 0 Å². The van der Waals surface area contributed by atoms with Gasteiger partial charge in [-0.15, -0.1) is 0 Å². The smallest absolute Gasteiger partial charge is 0.253 e. The number of carbonyl (C=O) groups excluding carboxylic acids is 1. The summed E-state index contributed by atoms with van der Waals surface area (Å²) in [6.07, 6.45) is 4.35. The minimum Gasteiger partial charge on any atom is -0.383 e. The summed E-state index contributed by atoms with van der Waals surface area (Å²) in [6.45, 7) is 6.49. The number of methoxy groups -OCH3 is 1. The molecule has 0 spiro atoms. The van der Waals surface area contributed by atoms with Gasteiger partial charge in [-0.05, 0) is 32.0 Å². The zero-order valence-electron chi connectivity index (χ0n) is 14.6. The van der Waals surface area contributed by atoms with Gasteiger partial charge in [-0.2, -0.15) is 0 Å². The van der Waals surface area contributed by atoms with Gasteiger partial charge >= 0.3 is 0 Å². The number of hydrogen-bond acceptors (Lipinski definition) is 3. The number of amides is 1. The summed E-state index contributed by atoms with van der Waals surface area (Å²) in [5.41, 5.74) is 1.83. The molecule has 5 nitrogen and oxygen atoms in total. The lowest BCUT2D eigenvalue weighted by Gasteiger charge is -2.22. The average Bonchev–Trinajstić information content (AvgIpc) is 3.22. The van der Waals surface area contributed by atoms with Gasteiger partial charge in [0.05, 0.1) is 12.2 Å². The summed E-state index contributed by atoms with van der Waals surface area (Å²) in [4.78, 5) is 15.2. The molecule has 1 aromatic carbocycles. The zero-order chi connectivity index (χ0) is 16.9. The van der Waals surface area contributed by atoms with E-state index in [9.17, 15) is 4.79 Å². The van der Waals surface area contributed by atoms with Crippen LogP contribution in [0.15, 0.2) is 30.5 Å². The molecule has 1 saturated heterocycles. The van der Waals surface area contributed by atoms with Gasteiger partial charge in [-0.1, -0.05) is 25.1 Å². The predicted octanol–water partition coefficient (Wildman–Crippen LogP) is 2.50. The van der Waals surface area contributed by atoms with Crippen molar-refractivity contribution < 1.29 is 9.53 Å². The predicted molar refractivity (Wildman–Crippen MR) is 96.4 cm³/mol. The molecule has 1 aliphatic heterocycles. The monoisotopic (exact) mass is 329 g/mol. The SMILES string of the molecule is CCN1CCCC1CNC(=O)c1cn(CCOC)c2ccccc12. The van der Waals surface area contributed by atoms with E-state index < -0.39 is 0 Å². The first kappa shape index (κ1) is 17.0. The number of nitrogens with zero attached hydrogens (tertiary/aromatic N) is 2. The minimum absolute atomic E-state index is 0.0188. The average molecular weight is 329 g/mol. The highest BCUT2D eigenvalue weighted by atomic mass is 16.5. The second-order valence-corrected chi connectivity index (χ2v) is 6.38. The molecule has 1 atom stereocenters. The quantitative estimate of drug-likeness (QED) is 0.849. The molecule has 0 saturated carbocycles. The third-order valence-corrected chi connectivity index (χ3v) is 4.97. The molecule has 1 fully saturated rings. The molecule has 5 heteroatoms. The molecule has 130 valence electrons. The Hall–Kier alpha value is -1.85. The topological polar surface area (TPSA) is 46.5 Å². The number of para-hydroxylation sites is 1. The van der Waals surface area contributed by atoms with Gasteiger partial charge in [0.1, 0.15) is 0 Å². The molecule has 0 radical (unpaired) electrons. The normalized spacial score (nSPS) is 18.3. The van der Waals surface area contributed by atoms with Crippen LogP contribution in [0.3, 0.4) is 0 Å². The van der Waals surface area contributed by atoms with Gasteiger partial charge in [-0.3, -0.25) is 9.69 Å². The Bertz CT molecular complexity index is 695. The Balaban J connectivity index is 1.74. The molecule has 2 heterocycles. The molecule has 1 amide bonds. The fourth-order valence-corrected chi connectivity index (χ4v) is 3.65. The van der Waals surface area contributed by atoms with Crippen LogP contribution >= 0.6 is 0 Å². The van der Waals surface area contributed by atoms with E-state index in [-0.39, 0.29) is 5.91 Å². The first-order valence-corrected chi connectivity index (χ1v) is 8.83. The number of fused-ring (bicyclic) bond motifs is 1. The van der Waals surface area contributed by atoms with E-state index in [0.717, 1.165) is 42.6 Å². The van der Waals surface area contributed by atoms with Crippen LogP contribution in [-0.2, 0) is 11.3 Å². The van der Waals surface area contributed by atoms with Gasteiger partial charge < -0.3 is 14.6 Å². The van der Waals surface area contributed by atoms with E-state index in [1.807, 2.05) is 24.4 Å². The van der Waals surface area contributed by atoms with E-state index in [4.69, 9.17) is 4.74 Å². The molecule has 24 heavy (non-hydrogen) atoms. The second kappa shape index (κ2) is 7.81. The zero-order valence-corrected chi connectivity index (χ0v) is 14.6. The number of carbonyl (C=O) groups is 1. The number of rotatable bonds is 7. The van der Waals surface area contributed by atoms with Crippen molar-refractivity contribution in [2.45, 2.75) is 32.4 Å². The minimum atomic E-state index is 0.0188. The van der Waals surface area contributed by atoms with Crippen LogP contribution in [0.25, 0.3) is 10.9 Å². The van der Waals surface area contributed by atoms with Crippen molar-refractivity contribution in [1.82, 2.24) is 14.8 Å². The molecule has 3 rings (SSSR count). The van der Waals surface area contributed by atoms with Crippen LogP contribution in [0.5, 0.6) is 0 Å². The number of nitrogens with one attached hydrogen (secondary N) is 1. The van der Waals surface area contributed by atoms with Crippen molar-refractivity contribution in [3.8, 4) is 0 Å². The van der Waals surface area contributed by atoms with Crippen molar-refractivity contribution in [2.24, 2.45) is 0 Å². The Morgan fingerprint density at radius 2 is 2.21 bits per heavy atom. The van der Waals surface area contributed by atoms with E-state index >= 15 is 0 Å². The third-order valence-electron chi connectivity index (χ3n) is 4.97. The highest BCUT2D eigenvalue weighted by Gasteiger charge is 2.24. The summed E-state index contributed by atoms with van der Waals surface area (Å²) < 4.78 is 7.28. The molecule has 1 unspecified atom stereocenters. The fraction of sp³-hybridized carbons (Fsp3) is 0.526. The summed E-state index contributed by atoms with van der Waals surface area (Å²) in [5, 5.41) is 4.15. The second-order valence-electron chi connectivity index (χ2n) is 6.38. The van der Waals surface area contributed by atoms with Crippen LogP contribution in [0, 0.1) is 0 Å². The molecular weight excluding hydrogens is 302 g/mol. The van der Waals surface area contributed by atoms with Crippen molar-refractivity contribution in [3.05, 3.63) is 36.0 Å². The lowest BCUT2D eigenvalue weighted by atomic mass is 10.1. The number of ether oxygens (including phenoxy) is 1. The highest BCUT2D eigenvalue weighted by molar-refractivity contribution is 6.07. The van der Waals surface area contributed by atoms with Crippen molar-refractivity contribution in [1.29, 1.82) is 0 Å². The Labute approximate surface area is 143 Å². The molecule has 1 aliphatic rings. The molecule has 0 bridgehead atoms. The summed E-state index contributed by atoms with van der Waals surface area (Å²) >= 11 is 0. The lowest BCUT2D eigenvalue weighted by Crippen LogP contribution is -2.40. The van der Waals surface area contributed by atoms with Crippen LogP contribution in [0.2, 0.25) is 0 Å². The van der Waals surface area contributed by atoms with E-state index in [0.29, 0.717) is 12.6 Å². The van der Waals surface area contributed by atoms with Crippen molar-refractivity contribution >= 4 is 16.8 Å². The number of likely N-dealkylation sites (tertiary alicyclic amines) is 1. The number of hydrogen-bond donors (Lipinski definition) is 1. The molecule has 1 aromatic heterocycles. The van der Waals surface area contributed by atoms with Crippen LogP contribution < -0.4 is 5.32 Å². The van der Waals surface area contributed by atoms with E-state index in [1.54, 1.807) is 7.11 Å². The largest absolute Gasteiger partial charge is 0.383 e. The number of benzene rings is 1. The maximum absolute atomic E-state index is 12.7. The van der Waals surface area contributed by atoms with Crippen molar-refractivity contribution in [3.63, 3.8) is 0 Å². The summed E-state index contributed by atoms with van der Waals surface area (Å²) in [6, 6.07) is 8.53. The summed E-state index contributed by atoms with van der Waals surface area (Å²) in [7, 11) is 1.69. The number of likely N-dealkylation sites (N-methyl/N-ethyl adjacent to an activating group) is 1. The first-order valence-electron chi connectivity index (χ1n) is 8.83. The van der Waals surface area contributed by atoms with Gasteiger partial charge in [0, 0.05) is 43.3 Å².